The fourth-order valence-electron chi connectivity index (χ4n) is 0.941. The van der Waals surface area contributed by atoms with E-state index in [9.17, 15) is 4.79 Å². The van der Waals surface area contributed by atoms with Gasteiger partial charge in [-0.3, -0.25) is 4.79 Å². The molecule has 0 N–H and O–H groups in total. The molecule has 0 saturated heterocycles. The van der Waals surface area contributed by atoms with Crippen molar-refractivity contribution >= 4 is 5.78 Å². The lowest BCUT2D eigenvalue weighted by Gasteiger charge is -2.05. The van der Waals surface area contributed by atoms with E-state index in [-0.39, 0.29) is 5.78 Å². The number of methoxy groups -OCH3 is 2. The van der Waals surface area contributed by atoms with Crippen molar-refractivity contribution in [2.24, 2.45) is 0 Å². The Hall–Kier alpha value is -1.51. The van der Waals surface area contributed by atoms with Crippen LogP contribution >= 0.6 is 0 Å². The molecule has 0 saturated carbocycles. The van der Waals surface area contributed by atoms with Crippen LogP contribution in [0.15, 0.2) is 12.1 Å². The monoisotopic (exact) mass is 179 g/mol. The molecular formula is C10H11O3. The third-order valence-electron chi connectivity index (χ3n) is 1.67. The lowest BCUT2D eigenvalue weighted by molar-refractivity contribution is 0.101. The van der Waals surface area contributed by atoms with Gasteiger partial charge in [0, 0.05) is 5.56 Å². The molecule has 0 amide bonds. The summed E-state index contributed by atoms with van der Waals surface area (Å²) in [5, 5.41) is 0. The normalized spacial score (nSPS) is 9.46. The van der Waals surface area contributed by atoms with Crippen molar-refractivity contribution < 1.29 is 14.3 Å². The Bertz CT molecular complexity index is 296. The highest BCUT2D eigenvalue weighted by Crippen LogP contribution is 2.21. The third kappa shape index (κ3) is 2.21. The van der Waals surface area contributed by atoms with Crippen LogP contribution in [-0.2, 0) is 0 Å². The van der Waals surface area contributed by atoms with Crippen molar-refractivity contribution in [3.05, 3.63) is 23.8 Å². The van der Waals surface area contributed by atoms with Gasteiger partial charge in [-0.25, -0.2) is 0 Å². The topological polar surface area (TPSA) is 35.5 Å². The number of ketones is 1. The van der Waals surface area contributed by atoms with Gasteiger partial charge in [0.25, 0.3) is 0 Å². The average Bonchev–Trinajstić information content (AvgIpc) is 2.16. The van der Waals surface area contributed by atoms with Crippen LogP contribution in [0.5, 0.6) is 11.5 Å². The highest BCUT2D eigenvalue weighted by Gasteiger charge is 2.05. The maximum atomic E-state index is 11.1. The van der Waals surface area contributed by atoms with Crippen LogP contribution in [0.4, 0.5) is 0 Å². The summed E-state index contributed by atoms with van der Waals surface area (Å²) >= 11 is 0. The molecule has 0 fully saturated rings. The maximum absolute atomic E-state index is 11.1. The lowest BCUT2D eigenvalue weighted by atomic mass is 10.1. The number of benzene rings is 1. The van der Waals surface area contributed by atoms with E-state index in [0.29, 0.717) is 17.1 Å². The first-order valence-electron chi connectivity index (χ1n) is 3.83. The van der Waals surface area contributed by atoms with Gasteiger partial charge in [0.2, 0.25) is 0 Å². The van der Waals surface area contributed by atoms with Crippen LogP contribution in [0.25, 0.3) is 0 Å². The molecule has 1 aromatic carbocycles. The molecule has 0 aromatic heterocycles. The summed E-state index contributed by atoms with van der Waals surface area (Å²) in [5.74, 6) is 0.986. The van der Waals surface area contributed by atoms with Crippen LogP contribution in [0.1, 0.15) is 17.3 Å². The second-order valence-electron chi connectivity index (χ2n) is 2.56. The molecule has 0 atom stereocenters. The number of carbonyl (C=O) groups is 1. The summed E-state index contributed by atoms with van der Waals surface area (Å²) in [6, 6.07) is 6.10. The summed E-state index contributed by atoms with van der Waals surface area (Å²) in [5.41, 5.74) is 0.562. The molecule has 0 aliphatic heterocycles. The minimum atomic E-state index is -0.0226. The summed E-state index contributed by atoms with van der Waals surface area (Å²) in [6.45, 7) is 1.49. The van der Waals surface area contributed by atoms with Gasteiger partial charge < -0.3 is 9.47 Å². The van der Waals surface area contributed by atoms with E-state index in [4.69, 9.17) is 9.47 Å². The second kappa shape index (κ2) is 3.94. The van der Waals surface area contributed by atoms with E-state index in [1.54, 1.807) is 12.1 Å². The number of rotatable bonds is 3. The number of carbonyl (C=O) groups excluding carboxylic acids is 1. The molecule has 0 spiro atoms. The van der Waals surface area contributed by atoms with E-state index in [1.165, 1.54) is 21.1 Å². The molecule has 13 heavy (non-hydrogen) atoms. The van der Waals surface area contributed by atoms with E-state index in [0.717, 1.165) is 0 Å². The first kappa shape index (κ1) is 9.58. The predicted octanol–water partition coefficient (Wildman–Crippen LogP) is 1.71. The smallest absolute Gasteiger partial charge is 0.160 e. The summed E-state index contributed by atoms with van der Waals surface area (Å²) in [6.07, 6.45) is 0. The number of hydrogen-bond donors (Lipinski definition) is 0. The Labute approximate surface area is 77.3 Å². The van der Waals surface area contributed by atoms with Crippen molar-refractivity contribution in [3.63, 3.8) is 0 Å². The van der Waals surface area contributed by atoms with E-state index in [1.807, 2.05) is 0 Å². The molecular weight excluding hydrogens is 168 g/mol. The molecule has 0 unspecified atom stereocenters. The molecule has 1 radical (unpaired) electrons. The minimum absolute atomic E-state index is 0.0226. The average molecular weight is 179 g/mol. The van der Waals surface area contributed by atoms with Gasteiger partial charge in [-0.05, 0) is 19.1 Å². The van der Waals surface area contributed by atoms with Gasteiger partial charge in [0.05, 0.1) is 20.3 Å². The first-order chi connectivity index (χ1) is 6.17. The zero-order valence-corrected chi connectivity index (χ0v) is 7.88. The van der Waals surface area contributed by atoms with Crippen LogP contribution in [0, 0.1) is 6.07 Å². The fraction of sp³-hybridized carbons (Fsp3) is 0.300. The molecule has 0 heterocycles. The molecule has 3 heteroatoms. The molecule has 3 nitrogen and oxygen atoms in total. The number of Topliss-reactive ketones (excluding diaryl/α,β-unsaturated/α-hetero) is 1. The highest BCUT2D eigenvalue weighted by atomic mass is 16.5. The van der Waals surface area contributed by atoms with Gasteiger partial charge >= 0.3 is 0 Å². The van der Waals surface area contributed by atoms with Crippen molar-refractivity contribution in [2.45, 2.75) is 6.92 Å². The molecule has 0 aliphatic rings. The van der Waals surface area contributed by atoms with Crippen molar-refractivity contribution in [2.75, 3.05) is 14.2 Å². The largest absolute Gasteiger partial charge is 0.496 e. The summed E-state index contributed by atoms with van der Waals surface area (Å²) in [7, 11) is 3.05. The zero-order valence-electron chi connectivity index (χ0n) is 7.88. The quantitative estimate of drug-likeness (QED) is 0.662. The standard InChI is InChI=1S/C10H11O3/c1-7(11)8-4-9(12-2)6-10(5-8)13-3/h4-5H,1-3H3. The van der Waals surface area contributed by atoms with E-state index < -0.39 is 0 Å². The first-order valence-corrected chi connectivity index (χ1v) is 3.83. The Morgan fingerprint density at radius 2 is 1.69 bits per heavy atom. The zero-order chi connectivity index (χ0) is 9.84. The van der Waals surface area contributed by atoms with Gasteiger partial charge in [-0.15, -0.1) is 0 Å². The maximum Gasteiger partial charge on any atom is 0.160 e. The molecule has 0 bridgehead atoms. The van der Waals surface area contributed by atoms with E-state index >= 15 is 0 Å². The van der Waals surface area contributed by atoms with Crippen LogP contribution in [0.2, 0.25) is 0 Å². The molecule has 1 aromatic rings. The summed E-state index contributed by atoms with van der Waals surface area (Å²) < 4.78 is 9.92. The van der Waals surface area contributed by atoms with Crippen LogP contribution < -0.4 is 9.47 Å². The molecule has 1 rings (SSSR count). The predicted molar refractivity (Wildman–Crippen MR) is 48.4 cm³/mol. The molecule has 0 aliphatic carbocycles. The minimum Gasteiger partial charge on any atom is -0.496 e. The third-order valence-corrected chi connectivity index (χ3v) is 1.67. The van der Waals surface area contributed by atoms with Crippen molar-refractivity contribution in [1.82, 2.24) is 0 Å². The highest BCUT2D eigenvalue weighted by molar-refractivity contribution is 5.94. The number of ether oxygens (including phenoxy) is 2. The van der Waals surface area contributed by atoms with Gasteiger partial charge in [0.15, 0.2) is 5.78 Å². The SMILES string of the molecule is COc1[c]c(OC)cc(C(C)=O)c1. The van der Waals surface area contributed by atoms with Gasteiger partial charge in [0.1, 0.15) is 11.5 Å². The summed E-state index contributed by atoms with van der Waals surface area (Å²) in [4.78, 5) is 11.1. The van der Waals surface area contributed by atoms with Crippen molar-refractivity contribution in [3.8, 4) is 11.5 Å². The second-order valence-corrected chi connectivity index (χ2v) is 2.56. The number of hydrogen-bond acceptors (Lipinski definition) is 3. The Kier molecular flexibility index (Phi) is 2.90. The van der Waals surface area contributed by atoms with Gasteiger partial charge in [-0.1, -0.05) is 0 Å². The molecule has 69 valence electrons. The Balaban J connectivity index is 3.14. The Morgan fingerprint density at radius 3 is 2.00 bits per heavy atom. The van der Waals surface area contributed by atoms with Crippen LogP contribution in [-0.4, -0.2) is 20.0 Å². The van der Waals surface area contributed by atoms with E-state index in [2.05, 4.69) is 6.07 Å². The fourth-order valence-corrected chi connectivity index (χ4v) is 0.941. The Morgan fingerprint density at radius 1 is 1.23 bits per heavy atom. The lowest BCUT2D eigenvalue weighted by Crippen LogP contribution is -1.95. The van der Waals surface area contributed by atoms with Crippen molar-refractivity contribution in [1.29, 1.82) is 0 Å². The van der Waals surface area contributed by atoms with Crippen LogP contribution in [0.3, 0.4) is 0 Å². The van der Waals surface area contributed by atoms with Gasteiger partial charge in [-0.2, -0.15) is 0 Å².